The van der Waals surface area contributed by atoms with E-state index in [1.807, 2.05) is 0 Å². The summed E-state index contributed by atoms with van der Waals surface area (Å²) in [6.45, 7) is 0. The Morgan fingerprint density at radius 2 is 1.94 bits per heavy atom. The van der Waals surface area contributed by atoms with Gasteiger partial charge in [-0.2, -0.15) is 0 Å². The molecule has 0 N–H and O–H groups in total. The molecule has 1 atom stereocenters. The van der Waals surface area contributed by atoms with Crippen molar-refractivity contribution in [3.8, 4) is 0 Å². The third-order valence-electron chi connectivity index (χ3n) is 2.57. The van der Waals surface area contributed by atoms with Gasteiger partial charge in [0.2, 0.25) is 0 Å². The van der Waals surface area contributed by atoms with Crippen LogP contribution in [-0.2, 0) is 23.9 Å². The largest absolute Gasteiger partial charge is 0.469 e. The highest BCUT2D eigenvalue weighted by Crippen LogP contribution is 2.29. The molecule has 1 aromatic heterocycles. The lowest BCUT2D eigenvalue weighted by Crippen LogP contribution is -2.32. The molecule has 1 rings (SSSR count). The molecular formula is C12H14O6. The molecule has 0 aliphatic rings. The van der Waals surface area contributed by atoms with Gasteiger partial charge in [0.05, 0.1) is 20.5 Å². The predicted molar refractivity (Wildman–Crippen MR) is 59.7 cm³/mol. The van der Waals surface area contributed by atoms with Gasteiger partial charge >= 0.3 is 11.9 Å². The van der Waals surface area contributed by atoms with E-state index in [2.05, 4.69) is 9.47 Å². The van der Waals surface area contributed by atoms with Gasteiger partial charge in [0.25, 0.3) is 0 Å². The molecule has 6 nitrogen and oxygen atoms in total. The average Bonchev–Trinajstić information content (AvgIpc) is 2.91. The monoisotopic (exact) mass is 254 g/mol. The lowest BCUT2D eigenvalue weighted by Gasteiger charge is -2.19. The second kappa shape index (κ2) is 6.58. The van der Waals surface area contributed by atoms with Crippen LogP contribution in [0.1, 0.15) is 18.1 Å². The zero-order chi connectivity index (χ0) is 13.5. The maximum Gasteiger partial charge on any atom is 0.320 e. The van der Waals surface area contributed by atoms with Crippen LogP contribution < -0.4 is 0 Å². The topological polar surface area (TPSA) is 82.8 Å². The minimum absolute atomic E-state index is 0.0393. The molecule has 0 bridgehead atoms. The van der Waals surface area contributed by atoms with Gasteiger partial charge < -0.3 is 18.7 Å². The first-order valence-corrected chi connectivity index (χ1v) is 5.28. The SMILES string of the molecule is COC(=O)C(C(=O)OC)[C@H](CC=O)c1ccco1. The molecule has 98 valence electrons. The summed E-state index contributed by atoms with van der Waals surface area (Å²) < 4.78 is 14.3. The molecule has 0 spiro atoms. The third kappa shape index (κ3) is 2.97. The summed E-state index contributed by atoms with van der Waals surface area (Å²) in [6, 6.07) is 3.20. The molecule has 1 aromatic rings. The Morgan fingerprint density at radius 3 is 2.33 bits per heavy atom. The normalized spacial score (nSPS) is 11.9. The molecule has 0 aliphatic heterocycles. The Bertz CT molecular complexity index is 392. The number of aldehydes is 1. The molecule has 0 aliphatic carbocycles. The first kappa shape index (κ1) is 14.0. The number of rotatable bonds is 6. The van der Waals surface area contributed by atoms with Crippen LogP contribution in [0.4, 0.5) is 0 Å². The molecule has 0 radical (unpaired) electrons. The van der Waals surface area contributed by atoms with Crippen LogP contribution in [0, 0.1) is 5.92 Å². The Morgan fingerprint density at radius 1 is 1.33 bits per heavy atom. The number of methoxy groups -OCH3 is 2. The van der Waals surface area contributed by atoms with Gasteiger partial charge in [-0.3, -0.25) is 9.59 Å². The summed E-state index contributed by atoms with van der Waals surface area (Å²) in [5, 5.41) is 0. The van der Waals surface area contributed by atoms with E-state index in [0.29, 0.717) is 12.0 Å². The number of ether oxygens (including phenoxy) is 2. The van der Waals surface area contributed by atoms with Gasteiger partial charge in [-0.1, -0.05) is 0 Å². The third-order valence-corrected chi connectivity index (χ3v) is 2.57. The van der Waals surface area contributed by atoms with E-state index < -0.39 is 23.8 Å². The fourth-order valence-electron chi connectivity index (χ4n) is 1.70. The lowest BCUT2D eigenvalue weighted by molar-refractivity contribution is -0.160. The summed E-state index contributed by atoms with van der Waals surface area (Å²) in [7, 11) is 2.33. The Labute approximate surface area is 104 Å². The summed E-state index contributed by atoms with van der Waals surface area (Å²) >= 11 is 0. The van der Waals surface area contributed by atoms with Crippen molar-refractivity contribution >= 4 is 18.2 Å². The van der Waals surface area contributed by atoms with E-state index >= 15 is 0 Å². The van der Waals surface area contributed by atoms with Gasteiger partial charge in [-0.15, -0.1) is 0 Å². The average molecular weight is 254 g/mol. The zero-order valence-corrected chi connectivity index (χ0v) is 10.1. The van der Waals surface area contributed by atoms with Crippen LogP contribution in [-0.4, -0.2) is 32.4 Å². The molecule has 0 saturated heterocycles. The summed E-state index contributed by atoms with van der Waals surface area (Å²) in [5.41, 5.74) is 0. The van der Waals surface area contributed by atoms with Gasteiger partial charge in [0, 0.05) is 12.3 Å². The predicted octanol–water partition coefficient (Wildman–Crippen LogP) is 0.914. The van der Waals surface area contributed by atoms with Gasteiger partial charge in [0.15, 0.2) is 5.92 Å². The van der Waals surface area contributed by atoms with E-state index in [1.54, 1.807) is 12.1 Å². The molecule has 0 unspecified atom stereocenters. The quantitative estimate of drug-likeness (QED) is 0.426. The lowest BCUT2D eigenvalue weighted by atomic mass is 9.87. The van der Waals surface area contributed by atoms with Crippen LogP contribution in [0.15, 0.2) is 22.8 Å². The minimum atomic E-state index is -1.21. The molecule has 0 fully saturated rings. The number of furan rings is 1. The first-order chi connectivity index (χ1) is 8.65. The number of hydrogen-bond acceptors (Lipinski definition) is 6. The van der Waals surface area contributed by atoms with Crippen molar-refractivity contribution in [2.75, 3.05) is 14.2 Å². The van der Waals surface area contributed by atoms with Crippen LogP contribution in [0.25, 0.3) is 0 Å². The van der Waals surface area contributed by atoms with Crippen LogP contribution in [0.3, 0.4) is 0 Å². The smallest absolute Gasteiger partial charge is 0.320 e. The highest BCUT2D eigenvalue weighted by molar-refractivity contribution is 5.96. The molecular weight excluding hydrogens is 240 g/mol. The van der Waals surface area contributed by atoms with Crippen LogP contribution in [0.2, 0.25) is 0 Å². The van der Waals surface area contributed by atoms with E-state index in [-0.39, 0.29) is 6.42 Å². The van der Waals surface area contributed by atoms with Crippen molar-refractivity contribution in [1.29, 1.82) is 0 Å². The highest BCUT2D eigenvalue weighted by Gasteiger charge is 2.39. The van der Waals surface area contributed by atoms with Gasteiger partial charge in [-0.25, -0.2) is 0 Å². The van der Waals surface area contributed by atoms with E-state index in [4.69, 9.17) is 4.42 Å². The van der Waals surface area contributed by atoms with Crippen molar-refractivity contribution in [3.05, 3.63) is 24.2 Å². The zero-order valence-electron chi connectivity index (χ0n) is 10.1. The number of hydrogen-bond donors (Lipinski definition) is 0. The molecule has 6 heteroatoms. The first-order valence-electron chi connectivity index (χ1n) is 5.28. The fourth-order valence-corrected chi connectivity index (χ4v) is 1.70. The standard InChI is InChI=1S/C12H14O6/c1-16-11(14)10(12(15)17-2)8(5-6-13)9-4-3-7-18-9/h3-4,6-8,10H,5H2,1-2H3/t8-/m1/s1. The molecule has 18 heavy (non-hydrogen) atoms. The number of carbonyl (C=O) groups is 3. The van der Waals surface area contributed by atoms with Gasteiger partial charge in [0.1, 0.15) is 12.0 Å². The molecule has 0 aromatic carbocycles. The Balaban J connectivity index is 3.08. The number of esters is 2. The maximum atomic E-state index is 11.6. The highest BCUT2D eigenvalue weighted by atomic mass is 16.5. The Hall–Kier alpha value is -2.11. The van der Waals surface area contributed by atoms with Crippen molar-refractivity contribution in [1.82, 2.24) is 0 Å². The summed E-state index contributed by atoms with van der Waals surface area (Å²) in [5.74, 6) is -3.09. The maximum absolute atomic E-state index is 11.6. The van der Waals surface area contributed by atoms with Gasteiger partial charge in [-0.05, 0) is 12.1 Å². The van der Waals surface area contributed by atoms with Crippen LogP contribution in [0.5, 0.6) is 0 Å². The molecule has 0 amide bonds. The fraction of sp³-hybridized carbons (Fsp3) is 0.417. The van der Waals surface area contributed by atoms with E-state index in [9.17, 15) is 14.4 Å². The number of carbonyl (C=O) groups excluding carboxylic acids is 3. The molecule has 0 saturated carbocycles. The Kier molecular flexibility index (Phi) is 5.10. The summed E-state index contributed by atoms with van der Waals surface area (Å²) in [6.07, 6.45) is 1.98. The van der Waals surface area contributed by atoms with Crippen LogP contribution >= 0.6 is 0 Å². The van der Waals surface area contributed by atoms with E-state index in [1.165, 1.54) is 20.5 Å². The van der Waals surface area contributed by atoms with Crippen molar-refractivity contribution in [2.24, 2.45) is 5.92 Å². The second-order valence-electron chi connectivity index (χ2n) is 3.55. The van der Waals surface area contributed by atoms with Crippen molar-refractivity contribution < 1.29 is 28.3 Å². The second-order valence-corrected chi connectivity index (χ2v) is 3.55. The summed E-state index contributed by atoms with van der Waals surface area (Å²) in [4.78, 5) is 34.0. The van der Waals surface area contributed by atoms with Crippen molar-refractivity contribution in [2.45, 2.75) is 12.3 Å². The van der Waals surface area contributed by atoms with E-state index in [0.717, 1.165) is 0 Å². The van der Waals surface area contributed by atoms with Crippen molar-refractivity contribution in [3.63, 3.8) is 0 Å². The molecule has 1 heterocycles. The minimum Gasteiger partial charge on any atom is -0.469 e.